The molecule has 2 aromatic rings. The van der Waals surface area contributed by atoms with Crippen molar-refractivity contribution in [3.63, 3.8) is 0 Å². The largest absolute Gasteiger partial charge is 1.00 e. The molecule has 0 spiro atoms. The van der Waals surface area contributed by atoms with Crippen LogP contribution in [0.2, 0.25) is 5.02 Å². The van der Waals surface area contributed by atoms with Gasteiger partial charge in [-0.1, -0.05) is 23.7 Å². The van der Waals surface area contributed by atoms with E-state index in [0.717, 1.165) is 12.1 Å². The molecule has 27 heavy (non-hydrogen) atoms. The SMILES string of the molecule is CC(=Cc1ccc(C(F)(F)F)cc1)C(=O)Nc1ccc(Cl)cc1C(=O)O.[H-].[Li+]. The second kappa shape index (κ2) is 9.13. The molecular weight excluding hydrogens is 378 g/mol. The molecule has 0 heterocycles. The number of halogens is 4. The van der Waals surface area contributed by atoms with Gasteiger partial charge in [0.2, 0.25) is 0 Å². The number of amides is 1. The number of nitrogens with one attached hydrogen (secondary N) is 1. The molecule has 0 saturated carbocycles. The fourth-order valence-corrected chi connectivity index (χ4v) is 2.28. The third-order valence-corrected chi connectivity index (χ3v) is 3.67. The fourth-order valence-electron chi connectivity index (χ4n) is 2.11. The standard InChI is InChI=1S/C18H13ClF3NO3.Li.H/c1-10(8-11-2-4-12(5-3-11)18(20,21)22)16(24)23-15-7-6-13(19)9-14(15)17(25)26;;/h2-9H,1H3,(H,23,24)(H,25,26);;/q;+1;-1. The molecule has 0 radical (unpaired) electrons. The molecular formula is C18H14ClF3LiNO3. The predicted molar refractivity (Wildman–Crippen MR) is 93.2 cm³/mol. The van der Waals surface area contributed by atoms with Gasteiger partial charge in [0.15, 0.2) is 0 Å². The van der Waals surface area contributed by atoms with Gasteiger partial charge in [0.05, 0.1) is 16.8 Å². The number of anilines is 1. The molecule has 2 aromatic carbocycles. The topological polar surface area (TPSA) is 66.4 Å². The molecule has 0 aliphatic heterocycles. The minimum absolute atomic E-state index is 0. The Balaban J connectivity index is 0.00000364. The molecule has 1 amide bonds. The number of carboxylic acid groups (broad SMARTS) is 1. The van der Waals surface area contributed by atoms with Crippen molar-refractivity contribution < 1.29 is 48.2 Å². The van der Waals surface area contributed by atoms with Crippen LogP contribution in [0.4, 0.5) is 18.9 Å². The molecule has 138 valence electrons. The minimum atomic E-state index is -4.43. The van der Waals surface area contributed by atoms with Crippen LogP contribution in [0.15, 0.2) is 48.0 Å². The van der Waals surface area contributed by atoms with E-state index in [4.69, 9.17) is 16.7 Å². The van der Waals surface area contributed by atoms with Crippen LogP contribution < -0.4 is 24.2 Å². The average molecular weight is 392 g/mol. The van der Waals surface area contributed by atoms with E-state index in [1.807, 2.05) is 0 Å². The van der Waals surface area contributed by atoms with Crippen molar-refractivity contribution in [1.82, 2.24) is 0 Å². The number of hydrogen-bond acceptors (Lipinski definition) is 2. The quantitative estimate of drug-likeness (QED) is 0.620. The molecule has 4 nitrogen and oxygen atoms in total. The van der Waals surface area contributed by atoms with Gasteiger partial charge in [-0.15, -0.1) is 0 Å². The Hall–Kier alpha value is -2.20. The van der Waals surface area contributed by atoms with Crippen LogP contribution in [0.25, 0.3) is 6.08 Å². The zero-order valence-corrected chi connectivity index (χ0v) is 15.2. The number of carbonyl (C=O) groups is 2. The Labute approximate surface area is 171 Å². The molecule has 0 fully saturated rings. The van der Waals surface area contributed by atoms with Crippen LogP contribution in [0, 0.1) is 0 Å². The van der Waals surface area contributed by atoms with Crippen LogP contribution in [0.5, 0.6) is 0 Å². The van der Waals surface area contributed by atoms with Gasteiger partial charge < -0.3 is 11.8 Å². The van der Waals surface area contributed by atoms with Gasteiger partial charge in [-0.2, -0.15) is 13.2 Å². The summed E-state index contributed by atoms with van der Waals surface area (Å²) in [6.45, 7) is 1.46. The van der Waals surface area contributed by atoms with Crippen LogP contribution >= 0.6 is 11.6 Å². The molecule has 0 unspecified atom stereocenters. The van der Waals surface area contributed by atoms with Crippen molar-refractivity contribution in [2.75, 3.05) is 5.32 Å². The molecule has 0 saturated heterocycles. The number of hydrogen-bond donors (Lipinski definition) is 2. The van der Waals surface area contributed by atoms with Gasteiger partial charge in [0.1, 0.15) is 0 Å². The number of rotatable bonds is 4. The summed E-state index contributed by atoms with van der Waals surface area (Å²) in [7, 11) is 0. The summed E-state index contributed by atoms with van der Waals surface area (Å²) < 4.78 is 37.6. The van der Waals surface area contributed by atoms with Crippen LogP contribution in [0.3, 0.4) is 0 Å². The Morgan fingerprint density at radius 2 is 1.74 bits per heavy atom. The van der Waals surface area contributed by atoms with Crippen molar-refractivity contribution in [3.05, 3.63) is 69.8 Å². The van der Waals surface area contributed by atoms with Gasteiger partial charge in [-0.3, -0.25) is 4.79 Å². The smallest absolute Gasteiger partial charge is 1.00 e. The van der Waals surface area contributed by atoms with Gasteiger partial charge in [-0.05, 0) is 48.9 Å². The molecule has 0 aromatic heterocycles. The van der Waals surface area contributed by atoms with E-state index in [1.165, 1.54) is 43.3 Å². The average Bonchev–Trinajstić information content (AvgIpc) is 2.55. The van der Waals surface area contributed by atoms with E-state index in [2.05, 4.69) is 5.32 Å². The molecule has 0 aliphatic rings. The number of carbonyl (C=O) groups excluding carboxylic acids is 1. The Kier molecular flexibility index (Phi) is 7.73. The van der Waals surface area contributed by atoms with Crippen molar-refractivity contribution in [3.8, 4) is 0 Å². The first kappa shape index (κ1) is 22.8. The Bertz CT molecular complexity index is 887. The normalized spacial score (nSPS) is 11.5. The van der Waals surface area contributed by atoms with E-state index in [1.54, 1.807) is 0 Å². The summed E-state index contributed by atoms with van der Waals surface area (Å²) in [5, 5.41) is 11.8. The van der Waals surface area contributed by atoms with Crippen LogP contribution in [0.1, 0.15) is 29.8 Å². The summed E-state index contributed by atoms with van der Waals surface area (Å²) in [5.41, 5.74) is -0.305. The molecule has 2 rings (SSSR count). The van der Waals surface area contributed by atoms with Crippen molar-refractivity contribution in [2.24, 2.45) is 0 Å². The third-order valence-electron chi connectivity index (χ3n) is 3.44. The maximum Gasteiger partial charge on any atom is 1.00 e. The second-order valence-electron chi connectivity index (χ2n) is 5.40. The van der Waals surface area contributed by atoms with Crippen molar-refractivity contribution in [1.29, 1.82) is 0 Å². The minimum Gasteiger partial charge on any atom is -1.00 e. The third kappa shape index (κ3) is 6.17. The zero-order chi connectivity index (χ0) is 19.5. The molecule has 0 bridgehead atoms. The Morgan fingerprint density at radius 3 is 2.26 bits per heavy atom. The number of alkyl halides is 3. The van der Waals surface area contributed by atoms with Crippen molar-refractivity contribution in [2.45, 2.75) is 13.1 Å². The second-order valence-corrected chi connectivity index (χ2v) is 5.83. The van der Waals surface area contributed by atoms with E-state index in [0.29, 0.717) is 5.56 Å². The monoisotopic (exact) mass is 391 g/mol. The first-order valence-electron chi connectivity index (χ1n) is 7.27. The molecule has 0 aliphatic carbocycles. The molecule has 9 heteroatoms. The summed E-state index contributed by atoms with van der Waals surface area (Å²) in [4.78, 5) is 23.4. The van der Waals surface area contributed by atoms with Gasteiger partial charge >= 0.3 is 31.0 Å². The summed E-state index contributed by atoms with van der Waals surface area (Å²) in [6, 6.07) is 8.30. The van der Waals surface area contributed by atoms with Gasteiger partial charge in [-0.25, -0.2) is 4.79 Å². The first-order valence-corrected chi connectivity index (χ1v) is 7.65. The summed E-state index contributed by atoms with van der Waals surface area (Å²) >= 11 is 5.74. The molecule has 2 N–H and O–H groups in total. The van der Waals surface area contributed by atoms with Crippen LogP contribution in [-0.2, 0) is 11.0 Å². The van der Waals surface area contributed by atoms with Gasteiger partial charge in [0.25, 0.3) is 5.91 Å². The zero-order valence-electron chi connectivity index (χ0n) is 15.4. The van der Waals surface area contributed by atoms with Gasteiger partial charge in [0, 0.05) is 10.6 Å². The van der Waals surface area contributed by atoms with Crippen molar-refractivity contribution >= 4 is 35.2 Å². The molecule has 0 atom stereocenters. The van der Waals surface area contributed by atoms with E-state index in [-0.39, 0.29) is 42.1 Å². The predicted octanol–water partition coefficient (Wildman–Crippen LogP) is 2.22. The van der Waals surface area contributed by atoms with E-state index >= 15 is 0 Å². The first-order chi connectivity index (χ1) is 12.1. The van der Waals surface area contributed by atoms with E-state index in [9.17, 15) is 22.8 Å². The number of aromatic carboxylic acids is 1. The maximum absolute atomic E-state index is 12.5. The summed E-state index contributed by atoms with van der Waals surface area (Å²) in [5.74, 6) is -1.85. The van der Waals surface area contributed by atoms with Crippen LogP contribution in [-0.4, -0.2) is 17.0 Å². The summed E-state index contributed by atoms with van der Waals surface area (Å²) in [6.07, 6.45) is -3.04. The fraction of sp³-hybridized carbons (Fsp3) is 0.111. The number of benzene rings is 2. The Morgan fingerprint density at radius 1 is 1.15 bits per heavy atom. The number of carboxylic acids is 1. The maximum atomic E-state index is 12.5. The van der Waals surface area contributed by atoms with E-state index < -0.39 is 23.6 Å².